The molecule has 1 aliphatic heterocycles. The Balaban J connectivity index is 1.25. The molecule has 12 nitrogen and oxygen atoms in total. The highest BCUT2D eigenvalue weighted by molar-refractivity contribution is 6.36. The van der Waals surface area contributed by atoms with Gasteiger partial charge >= 0.3 is 11.7 Å². The van der Waals surface area contributed by atoms with Crippen LogP contribution in [0.2, 0.25) is 5.02 Å². The largest absolute Gasteiger partial charge is 0.481 e. The van der Waals surface area contributed by atoms with E-state index in [4.69, 9.17) is 21.3 Å². The Labute approximate surface area is 301 Å². The molecule has 1 atom stereocenters. The number of rotatable bonds is 8. The molecule has 1 unspecified atom stereocenters. The van der Waals surface area contributed by atoms with Crippen molar-refractivity contribution in [1.82, 2.24) is 29.0 Å². The van der Waals surface area contributed by atoms with Gasteiger partial charge in [-0.25, -0.2) is 28.5 Å². The predicted molar refractivity (Wildman–Crippen MR) is 193 cm³/mol. The van der Waals surface area contributed by atoms with Crippen molar-refractivity contribution < 1.29 is 23.4 Å². The fraction of sp³-hybridized carbons (Fsp3) is 0.351. The van der Waals surface area contributed by atoms with Gasteiger partial charge in [0.05, 0.1) is 23.7 Å². The first kappa shape index (κ1) is 35.2. The number of piperidine rings is 1. The number of carboxylic acids is 1. The van der Waals surface area contributed by atoms with E-state index in [-0.39, 0.29) is 28.8 Å². The molecule has 5 aromatic rings. The smallest absolute Gasteiger partial charge is 0.332 e. The van der Waals surface area contributed by atoms with Gasteiger partial charge in [0, 0.05) is 42.5 Å². The number of nitrogens with one attached hydrogen (secondary N) is 1. The number of likely N-dealkylation sites (tertiary alicyclic amines) is 1. The number of aryl methyl sites for hydroxylation is 2. The van der Waals surface area contributed by atoms with E-state index in [0.29, 0.717) is 64.9 Å². The van der Waals surface area contributed by atoms with Crippen molar-refractivity contribution in [3.8, 4) is 28.3 Å². The van der Waals surface area contributed by atoms with E-state index in [9.17, 15) is 28.3 Å². The van der Waals surface area contributed by atoms with Crippen molar-refractivity contribution in [2.75, 3.05) is 25.5 Å². The van der Waals surface area contributed by atoms with Crippen LogP contribution in [0.4, 0.5) is 20.3 Å². The van der Waals surface area contributed by atoms with Gasteiger partial charge in [-0.15, -0.1) is 0 Å². The molecule has 1 saturated heterocycles. The average Bonchev–Trinajstić information content (AvgIpc) is 3.57. The molecule has 0 bridgehead atoms. The van der Waals surface area contributed by atoms with E-state index in [1.54, 1.807) is 19.2 Å². The maximum absolute atomic E-state index is 13.9. The fourth-order valence-electron chi connectivity index (χ4n) is 7.49. The Morgan fingerprint density at radius 3 is 2.38 bits per heavy atom. The zero-order valence-electron chi connectivity index (χ0n) is 28.9. The number of hydrogen-bond acceptors (Lipinski definition) is 9. The first-order chi connectivity index (χ1) is 24.9. The molecule has 1 aliphatic carbocycles. The minimum atomic E-state index is -3.05. The van der Waals surface area contributed by atoms with E-state index >= 15 is 0 Å². The van der Waals surface area contributed by atoms with Crippen molar-refractivity contribution in [2.45, 2.75) is 45.1 Å². The summed E-state index contributed by atoms with van der Waals surface area (Å²) in [5, 5.41) is 12.9. The van der Waals surface area contributed by atoms with Crippen molar-refractivity contribution in [2.24, 2.45) is 20.0 Å². The van der Waals surface area contributed by atoms with Gasteiger partial charge in [-0.2, -0.15) is 0 Å². The number of fused-ring (bicyclic) bond motifs is 2. The molecule has 15 heteroatoms. The standard InChI is InChI=1S/C37H36ClF2N7O5/c1-18-21(7-6-10-24(18)41-31-28-33(44-32(43-31)30(39)40)45(2)37(51)46(3)35(28)48)22-8-5-9-23(29(22)38)25-17-20-11-12-26(27(20)34(42-25)52-4)47-15-13-19(14-16-47)36(49)50/h5-10,17,19,26,30H,11-16H2,1-4H3,(H,49,50)(H,41,43,44). The second-order valence-electron chi connectivity index (χ2n) is 13.2. The zero-order valence-corrected chi connectivity index (χ0v) is 29.7. The van der Waals surface area contributed by atoms with Gasteiger partial charge in [0.15, 0.2) is 11.5 Å². The number of anilines is 2. The number of pyridine rings is 1. The third-order valence-corrected chi connectivity index (χ3v) is 10.7. The number of alkyl halides is 2. The van der Waals surface area contributed by atoms with Crippen LogP contribution in [0.3, 0.4) is 0 Å². The van der Waals surface area contributed by atoms with Crippen LogP contribution in [0.1, 0.15) is 54.2 Å². The van der Waals surface area contributed by atoms with Crippen LogP contribution < -0.4 is 21.3 Å². The van der Waals surface area contributed by atoms with Crippen molar-refractivity contribution >= 4 is 40.1 Å². The van der Waals surface area contributed by atoms with Gasteiger partial charge in [0.25, 0.3) is 12.0 Å². The van der Waals surface area contributed by atoms with Gasteiger partial charge in [-0.3, -0.25) is 23.6 Å². The second kappa shape index (κ2) is 13.7. The molecule has 4 heterocycles. The molecular weight excluding hydrogens is 696 g/mol. The van der Waals surface area contributed by atoms with Gasteiger partial charge in [0.1, 0.15) is 11.2 Å². The number of methoxy groups -OCH3 is 1. The molecule has 2 N–H and O–H groups in total. The molecule has 2 aliphatic rings. The molecule has 270 valence electrons. The van der Waals surface area contributed by atoms with Crippen LogP contribution in [-0.4, -0.2) is 60.3 Å². The fourth-order valence-corrected chi connectivity index (χ4v) is 7.82. The number of carboxylic acid groups (broad SMARTS) is 1. The Hall–Kier alpha value is -5.21. The van der Waals surface area contributed by atoms with Crippen LogP contribution in [0.15, 0.2) is 52.1 Å². The van der Waals surface area contributed by atoms with Crippen LogP contribution in [0.25, 0.3) is 33.4 Å². The Bertz CT molecular complexity index is 2370. The van der Waals surface area contributed by atoms with E-state index in [2.05, 4.69) is 20.2 Å². The summed E-state index contributed by atoms with van der Waals surface area (Å²) in [5.41, 5.74) is 4.45. The summed E-state index contributed by atoms with van der Waals surface area (Å²) in [6.07, 6.45) is -0.133. The lowest BCUT2D eigenvalue weighted by Gasteiger charge is -2.35. The van der Waals surface area contributed by atoms with E-state index in [1.165, 1.54) is 14.1 Å². The van der Waals surface area contributed by atoms with Crippen LogP contribution in [0, 0.1) is 12.8 Å². The molecule has 0 amide bonds. The quantitative estimate of drug-likeness (QED) is 0.190. The van der Waals surface area contributed by atoms with Crippen LogP contribution in [0.5, 0.6) is 5.88 Å². The summed E-state index contributed by atoms with van der Waals surface area (Å²) in [4.78, 5) is 52.4. The van der Waals surface area contributed by atoms with Gasteiger partial charge in [-0.1, -0.05) is 41.9 Å². The van der Waals surface area contributed by atoms with Crippen LogP contribution >= 0.6 is 11.6 Å². The minimum Gasteiger partial charge on any atom is -0.481 e. The molecule has 1 fully saturated rings. The van der Waals surface area contributed by atoms with E-state index in [1.807, 2.05) is 37.3 Å². The predicted octanol–water partition coefficient (Wildman–Crippen LogP) is 6.19. The van der Waals surface area contributed by atoms with Crippen molar-refractivity contribution in [3.05, 3.63) is 90.8 Å². The van der Waals surface area contributed by atoms with E-state index < -0.39 is 29.5 Å². The summed E-state index contributed by atoms with van der Waals surface area (Å²) in [6, 6.07) is 13.2. The molecular formula is C37H36ClF2N7O5. The Kier molecular flexibility index (Phi) is 9.30. The Morgan fingerprint density at radius 2 is 1.69 bits per heavy atom. The average molecular weight is 732 g/mol. The number of halogens is 3. The maximum Gasteiger partial charge on any atom is 0.332 e. The highest BCUT2D eigenvalue weighted by Crippen LogP contribution is 2.45. The highest BCUT2D eigenvalue weighted by Gasteiger charge is 2.36. The van der Waals surface area contributed by atoms with Crippen molar-refractivity contribution in [1.29, 1.82) is 0 Å². The number of hydrogen-bond donors (Lipinski definition) is 2. The first-order valence-electron chi connectivity index (χ1n) is 16.9. The third-order valence-electron chi connectivity index (χ3n) is 10.3. The highest BCUT2D eigenvalue weighted by atomic mass is 35.5. The monoisotopic (exact) mass is 731 g/mol. The summed E-state index contributed by atoms with van der Waals surface area (Å²) in [6.45, 7) is 3.23. The summed E-state index contributed by atoms with van der Waals surface area (Å²) < 4.78 is 35.6. The normalized spacial score (nSPS) is 16.4. The number of nitrogens with zero attached hydrogens (tertiary/aromatic N) is 6. The van der Waals surface area contributed by atoms with Gasteiger partial charge < -0.3 is 15.2 Å². The zero-order chi connectivity index (χ0) is 37.0. The molecule has 0 spiro atoms. The first-order valence-corrected chi connectivity index (χ1v) is 17.2. The van der Waals surface area contributed by atoms with Gasteiger partial charge in [0.2, 0.25) is 5.88 Å². The van der Waals surface area contributed by atoms with E-state index in [0.717, 1.165) is 38.7 Å². The Morgan fingerprint density at radius 1 is 1.00 bits per heavy atom. The number of benzene rings is 2. The number of ether oxygens (including phenoxy) is 1. The summed E-state index contributed by atoms with van der Waals surface area (Å²) in [7, 11) is 4.25. The minimum absolute atomic E-state index is 0.0924. The number of aromatic nitrogens is 5. The maximum atomic E-state index is 13.9. The molecule has 0 saturated carbocycles. The van der Waals surface area contributed by atoms with Crippen molar-refractivity contribution in [3.63, 3.8) is 0 Å². The molecule has 7 rings (SSSR count). The molecule has 3 aromatic heterocycles. The molecule has 2 aromatic carbocycles. The lowest BCUT2D eigenvalue weighted by atomic mass is 9.94. The van der Waals surface area contributed by atoms with Crippen LogP contribution in [-0.2, 0) is 25.3 Å². The molecule has 0 radical (unpaired) electrons. The third kappa shape index (κ3) is 5.99. The second-order valence-corrected chi connectivity index (χ2v) is 13.6. The SMILES string of the molecule is COc1nc(-c2cccc(-c3cccc(Nc4nc(C(F)F)nc5c4c(=O)n(C)c(=O)n5C)c3C)c2Cl)cc2c1C(N1CCC(C(=O)O)CC1)CC2. The lowest BCUT2D eigenvalue weighted by molar-refractivity contribution is -0.143. The molecule has 52 heavy (non-hydrogen) atoms. The summed E-state index contributed by atoms with van der Waals surface area (Å²) in [5.74, 6) is -1.52. The number of carbonyl (C=O) groups is 1. The summed E-state index contributed by atoms with van der Waals surface area (Å²) >= 11 is 7.16. The topological polar surface area (TPSA) is 144 Å². The number of aliphatic carboxylic acids is 1. The van der Waals surface area contributed by atoms with Gasteiger partial charge in [-0.05, 0) is 74.5 Å². The lowest BCUT2D eigenvalue weighted by Crippen LogP contribution is -2.38.